The van der Waals surface area contributed by atoms with Gasteiger partial charge in [-0.25, -0.2) is 4.99 Å². The summed E-state index contributed by atoms with van der Waals surface area (Å²) in [6, 6.07) is 12.8. The van der Waals surface area contributed by atoms with Crippen LogP contribution in [0.3, 0.4) is 0 Å². The molecule has 1 amide bonds. The molecule has 1 N–H and O–H groups in total. The van der Waals surface area contributed by atoms with Crippen molar-refractivity contribution in [3.05, 3.63) is 72.7 Å². The first kappa shape index (κ1) is 18.9. The van der Waals surface area contributed by atoms with E-state index in [9.17, 15) is 9.59 Å². The molecule has 9 heteroatoms. The number of hydrogen-bond acceptors (Lipinski definition) is 6. The molecule has 0 aliphatic carbocycles. The van der Waals surface area contributed by atoms with Gasteiger partial charge in [0.2, 0.25) is 0 Å². The van der Waals surface area contributed by atoms with Crippen LogP contribution in [0.5, 0.6) is 5.75 Å². The van der Waals surface area contributed by atoms with Gasteiger partial charge < -0.3 is 15.0 Å². The van der Waals surface area contributed by atoms with Crippen molar-refractivity contribution in [1.82, 2.24) is 4.57 Å². The largest absolute Gasteiger partial charge is 0.494 e. The highest BCUT2D eigenvalue weighted by Crippen LogP contribution is 2.33. The maximum absolute atomic E-state index is 13.2. The SMILES string of the molecule is CCOc1ccc2c(c1)C(=c1sc3n(c1=O)CN(c1ccc(Cl)cc1)CN=3)C(=O)N2. The van der Waals surface area contributed by atoms with Gasteiger partial charge in [-0.2, -0.15) is 0 Å². The van der Waals surface area contributed by atoms with Gasteiger partial charge in [0, 0.05) is 22.0 Å². The van der Waals surface area contributed by atoms with Crippen LogP contribution < -0.4 is 29.8 Å². The second-order valence-corrected chi connectivity index (χ2v) is 8.29. The minimum atomic E-state index is -0.287. The van der Waals surface area contributed by atoms with E-state index in [4.69, 9.17) is 16.3 Å². The Kier molecular flexibility index (Phi) is 4.60. The molecular weight excluding hydrogens is 424 g/mol. The molecule has 1 aromatic heterocycles. The molecule has 30 heavy (non-hydrogen) atoms. The molecule has 0 atom stereocenters. The third-order valence-electron chi connectivity index (χ3n) is 5.02. The highest BCUT2D eigenvalue weighted by Gasteiger charge is 2.28. The van der Waals surface area contributed by atoms with E-state index in [2.05, 4.69) is 10.3 Å². The molecule has 0 spiro atoms. The van der Waals surface area contributed by atoms with Crippen LogP contribution in [0.25, 0.3) is 5.57 Å². The van der Waals surface area contributed by atoms with Crippen molar-refractivity contribution in [2.75, 3.05) is 23.5 Å². The van der Waals surface area contributed by atoms with Gasteiger partial charge in [-0.05, 0) is 49.4 Å². The summed E-state index contributed by atoms with van der Waals surface area (Å²) in [6.07, 6.45) is 0. The average Bonchev–Trinajstić information content (AvgIpc) is 3.24. The van der Waals surface area contributed by atoms with Gasteiger partial charge in [0.15, 0.2) is 4.80 Å². The zero-order valence-corrected chi connectivity index (χ0v) is 17.6. The molecule has 0 saturated carbocycles. The third kappa shape index (κ3) is 3.09. The summed E-state index contributed by atoms with van der Waals surface area (Å²) in [5.74, 6) is 0.370. The Morgan fingerprint density at radius 1 is 1.20 bits per heavy atom. The molecule has 3 aromatic rings. The van der Waals surface area contributed by atoms with Gasteiger partial charge in [0.05, 0.1) is 12.2 Å². The van der Waals surface area contributed by atoms with Crippen LogP contribution >= 0.6 is 22.9 Å². The molecule has 5 rings (SSSR count). The quantitative estimate of drug-likeness (QED) is 0.677. The molecule has 0 bridgehead atoms. The van der Waals surface area contributed by atoms with Gasteiger partial charge in [-0.3, -0.25) is 14.2 Å². The van der Waals surface area contributed by atoms with Crippen LogP contribution in [0.4, 0.5) is 11.4 Å². The number of rotatable bonds is 3. The number of benzene rings is 2. The van der Waals surface area contributed by atoms with Crippen molar-refractivity contribution in [2.24, 2.45) is 4.99 Å². The fourth-order valence-electron chi connectivity index (χ4n) is 3.60. The molecule has 2 aliphatic heterocycles. The van der Waals surface area contributed by atoms with Crippen molar-refractivity contribution >= 4 is 45.8 Å². The van der Waals surface area contributed by atoms with Crippen molar-refractivity contribution in [1.29, 1.82) is 0 Å². The lowest BCUT2D eigenvalue weighted by Crippen LogP contribution is -2.43. The normalized spacial score (nSPS) is 16.6. The lowest BCUT2D eigenvalue weighted by atomic mass is 10.1. The Labute approximate surface area is 180 Å². The predicted octanol–water partition coefficient (Wildman–Crippen LogP) is 2.17. The van der Waals surface area contributed by atoms with Crippen LogP contribution in [0.15, 0.2) is 52.3 Å². The van der Waals surface area contributed by atoms with E-state index in [-0.39, 0.29) is 11.5 Å². The lowest BCUT2D eigenvalue weighted by Gasteiger charge is -2.25. The predicted molar refractivity (Wildman–Crippen MR) is 117 cm³/mol. The molecule has 3 heterocycles. The van der Waals surface area contributed by atoms with Gasteiger partial charge >= 0.3 is 0 Å². The minimum Gasteiger partial charge on any atom is -0.494 e. The van der Waals surface area contributed by atoms with E-state index in [1.807, 2.05) is 24.0 Å². The van der Waals surface area contributed by atoms with E-state index in [1.54, 1.807) is 34.9 Å². The van der Waals surface area contributed by atoms with E-state index in [0.717, 1.165) is 5.69 Å². The van der Waals surface area contributed by atoms with Crippen molar-refractivity contribution < 1.29 is 9.53 Å². The number of nitrogens with one attached hydrogen (secondary N) is 1. The monoisotopic (exact) mass is 440 g/mol. The number of fused-ring (bicyclic) bond motifs is 2. The van der Waals surface area contributed by atoms with Crippen molar-refractivity contribution in [3.8, 4) is 5.75 Å². The fourth-order valence-corrected chi connectivity index (χ4v) is 4.79. The number of halogens is 1. The summed E-state index contributed by atoms with van der Waals surface area (Å²) in [4.78, 5) is 33.1. The number of anilines is 2. The molecule has 0 unspecified atom stereocenters. The molecule has 7 nitrogen and oxygen atoms in total. The third-order valence-corrected chi connectivity index (χ3v) is 6.38. The Balaban J connectivity index is 1.62. The molecule has 0 saturated heterocycles. The average molecular weight is 441 g/mol. The topological polar surface area (TPSA) is 75.9 Å². The Bertz CT molecular complexity index is 1340. The van der Waals surface area contributed by atoms with Gasteiger partial charge in [0.1, 0.15) is 23.6 Å². The number of amides is 1. The first-order chi connectivity index (χ1) is 14.5. The molecular formula is C21H17ClN4O3S. The number of carbonyl (C=O) groups excluding carboxylic acids is 1. The lowest BCUT2D eigenvalue weighted by molar-refractivity contribution is -0.110. The first-order valence-corrected chi connectivity index (χ1v) is 10.6. The first-order valence-electron chi connectivity index (χ1n) is 9.42. The Morgan fingerprint density at radius 3 is 2.77 bits per heavy atom. The zero-order chi connectivity index (χ0) is 20.8. The molecule has 2 aliphatic rings. The summed E-state index contributed by atoms with van der Waals surface area (Å²) in [5, 5.41) is 3.49. The van der Waals surface area contributed by atoms with Crippen LogP contribution in [0.2, 0.25) is 5.02 Å². The van der Waals surface area contributed by atoms with Crippen molar-refractivity contribution in [3.63, 3.8) is 0 Å². The minimum absolute atomic E-state index is 0.225. The van der Waals surface area contributed by atoms with Crippen LogP contribution in [0.1, 0.15) is 12.5 Å². The standard InChI is InChI=1S/C21H17ClN4O3S/c1-2-29-14-7-8-16-15(9-14)17(19(27)24-16)18-20(28)26-11-25(10-23-21(26)30-18)13-5-3-12(22)4-6-13/h3-9H,2,10-11H2,1H3,(H,24,27). The van der Waals surface area contributed by atoms with Crippen molar-refractivity contribution in [2.45, 2.75) is 13.6 Å². The molecule has 2 aromatic carbocycles. The highest BCUT2D eigenvalue weighted by molar-refractivity contribution is 7.07. The number of nitrogens with zero attached hydrogens (tertiary/aromatic N) is 3. The highest BCUT2D eigenvalue weighted by atomic mass is 35.5. The second-order valence-electron chi connectivity index (χ2n) is 6.87. The van der Waals surface area contributed by atoms with Gasteiger partial charge in [-0.1, -0.05) is 22.9 Å². The smallest absolute Gasteiger partial charge is 0.272 e. The molecule has 0 fully saturated rings. The Hall–Kier alpha value is -3.10. The van der Waals surface area contributed by atoms with Gasteiger partial charge in [-0.15, -0.1) is 0 Å². The number of aromatic nitrogens is 1. The number of carbonyl (C=O) groups is 1. The van der Waals surface area contributed by atoms with Crippen LogP contribution in [-0.4, -0.2) is 23.7 Å². The summed E-state index contributed by atoms with van der Waals surface area (Å²) >= 11 is 7.22. The summed E-state index contributed by atoms with van der Waals surface area (Å²) < 4.78 is 7.55. The van der Waals surface area contributed by atoms with Crippen LogP contribution in [-0.2, 0) is 11.5 Å². The number of ether oxygens (including phenoxy) is 1. The molecule has 0 radical (unpaired) electrons. The second kappa shape index (κ2) is 7.30. The van der Waals surface area contributed by atoms with E-state index < -0.39 is 0 Å². The number of thiazole rings is 1. The van der Waals surface area contributed by atoms with E-state index in [1.165, 1.54) is 11.3 Å². The fraction of sp³-hybridized carbons (Fsp3) is 0.190. The Morgan fingerprint density at radius 2 is 2.00 bits per heavy atom. The van der Waals surface area contributed by atoms with Gasteiger partial charge in [0.25, 0.3) is 11.5 Å². The zero-order valence-electron chi connectivity index (χ0n) is 16.0. The van der Waals surface area contributed by atoms with E-state index >= 15 is 0 Å². The maximum atomic E-state index is 13.2. The number of hydrogen-bond donors (Lipinski definition) is 1. The summed E-state index contributed by atoms with van der Waals surface area (Å²) in [6.45, 7) is 3.20. The summed E-state index contributed by atoms with van der Waals surface area (Å²) in [5.41, 5.74) is 2.42. The van der Waals surface area contributed by atoms with E-state index in [0.29, 0.717) is 56.9 Å². The maximum Gasteiger partial charge on any atom is 0.272 e. The van der Waals surface area contributed by atoms with Crippen LogP contribution in [0, 0.1) is 0 Å². The summed E-state index contributed by atoms with van der Waals surface area (Å²) in [7, 11) is 0. The molecule has 152 valence electrons.